The molecule has 7 nitrogen and oxygen atoms in total. The van der Waals surface area contributed by atoms with Crippen molar-refractivity contribution in [2.75, 3.05) is 17.7 Å². The molecule has 0 atom stereocenters. The van der Waals surface area contributed by atoms with Crippen molar-refractivity contribution in [1.29, 1.82) is 0 Å². The summed E-state index contributed by atoms with van der Waals surface area (Å²) < 4.78 is 6.61. The topological polar surface area (TPSA) is 85.3 Å². The molecule has 3 rings (SSSR count). The Bertz CT molecular complexity index is 750. The highest BCUT2D eigenvalue weighted by Crippen LogP contribution is 2.30. The van der Waals surface area contributed by atoms with Crippen molar-refractivity contribution in [3.63, 3.8) is 0 Å². The number of anilines is 2. The third kappa shape index (κ3) is 3.50. The van der Waals surface area contributed by atoms with Crippen LogP contribution in [-0.2, 0) is 11.8 Å². The number of aromatic nitrogens is 2. The summed E-state index contributed by atoms with van der Waals surface area (Å²) in [6.45, 7) is 0. The number of benzene rings is 1. The number of hydrogen-bond acceptors (Lipinski definition) is 4. The van der Waals surface area contributed by atoms with Crippen molar-refractivity contribution in [2.45, 2.75) is 12.8 Å². The van der Waals surface area contributed by atoms with E-state index >= 15 is 0 Å². The number of nitrogens with one attached hydrogen (secondary N) is 2. The van der Waals surface area contributed by atoms with Crippen molar-refractivity contribution in [1.82, 2.24) is 9.78 Å². The SMILES string of the molecule is COc1cccc(NC(=O)c2cc(NC(=O)C3CC3)n(C)n2)c1. The van der Waals surface area contributed by atoms with Crippen LogP contribution >= 0.6 is 0 Å². The molecule has 7 heteroatoms. The Labute approximate surface area is 133 Å². The van der Waals surface area contributed by atoms with E-state index in [1.807, 2.05) is 0 Å². The summed E-state index contributed by atoms with van der Waals surface area (Å²) in [5.41, 5.74) is 0.852. The van der Waals surface area contributed by atoms with Crippen LogP contribution in [0.5, 0.6) is 5.75 Å². The van der Waals surface area contributed by atoms with Gasteiger partial charge in [0.15, 0.2) is 5.69 Å². The number of hydrogen-bond donors (Lipinski definition) is 2. The lowest BCUT2D eigenvalue weighted by Gasteiger charge is -2.05. The highest BCUT2D eigenvalue weighted by Gasteiger charge is 2.30. The average Bonchev–Trinajstić information content (AvgIpc) is 3.33. The first-order valence-corrected chi connectivity index (χ1v) is 7.37. The molecule has 0 unspecified atom stereocenters. The molecule has 2 amide bonds. The predicted molar refractivity (Wildman–Crippen MR) is 85.5 cm³/mol. The summed E-state index contributed by atoms with van der Waals surface area (Å²) in [6, 6.07) is 8.63. The second kappa shape index (κ2) is 6.12. The van der Waals surface area contributed by atoms with Crippen LogP contribution in [0.4, 0.5) is 11.5 Å². The van der Waals surface area contributed by atoms with Crippen molar-refractivity contribution in [3.8, 4) is 5.75 Å². The number of rotatable bonds is 5. The van der Waals surface area contributed by atoms with Crippen LogP contribution in [0.1, 0.15) is 23.3 Å². The van der Waals surface area contributed by atoms with E-state index in [4.69, 9.17) is 4.74 Å². The fraction of sp³-hybridized carbons (Fsp3) is 0.312. The van der Waals surface area contributed by atoms with Gasteiger partial charge in [-0.25, -0.2) is 0 Å². The molecular formula is C16H18N4O3. The summed E-state index contributed by atoms with van der Waals surface area (Å²) in [5.74, 6) is 0.895. The number of nitrogens with zero attached hydrogens (tertiary/aromatic N) is 2. The molecular weight excluding hydrogens is 296 g/mol. The lowest BCUT2D eigenvalue weighted by Crippen LogP contribution is -2.15. The maximum absolute atomic E-state index is 12.3. The molecule has 2 aromatic rings. The quantitative estimate of drug-likeness (QED) is 0.884. The molecule has 120 valence electrons. The van der Waals surface area contributed by atoms with Gasteiger partial charge in [0.25, 0.3) is 5.91 Å². The summed E-state index contributed by atoms with van der Waals surface area (Å²) >= 11 is 0. The molecule has 0 saturated heterocycles. The van der Waals surface area contributed by atoms with Crippen LogP contribution in [0.2, 0.25) is 0 Å². The number of methoxy groups -OCH3 is 1. The number of carbonyl (C=O) groups excluding carboxylic acids is 2. The van der Waals surface area contributed by atoms with Gasteiger partial charge in [0, 0.05) is 30.8 Å². The molecule has 1 aliphatic rings. The zero-order chi connectivity index (χ0) is 16.4. The highest BCUT2D eigenvalue weighted by atomic mass is 16.5. The molecule has 23 heavy (non-hydrogen) atoms. The van der Waals surface area contributed by atoms with Gasteiger partial charge >= 0.3 is 0 Å². The van der Waals surface area contributed by atoms with E-state index in [0.29, 0.717) is 17.3 Å². The molecule has 0 spiro atoms. The van der Waals surface area contributed by atoms with Crippen molar-refractivity contribution in [3.05, 3.63) is 36.0 Å². The van der Waals surface area contributed by atoms with Crippen LogP contribution in [0.3, 0.4) is 0 Å². The Morgan fingerprint density at radius 1 is 1.26 bits per heavy atom. The van der Waals surface area contributed by atoms with Crippen molar-refractivity contribution >= 4 is 23.3 Å². The maximum Gasteiger partial charge on any atom is 0.276 e. The van der Waals surface area contributed by atoms with E-state index in [9.17, 15) is 9.59 Å². The smallest absolute Gasteiger partial charge is 0.276 e. The summed E-state index contributed by atoms with van der Waals surface area (Å²) in [5, 5.41) is 9.69. The molecule has 1 saturated carbocycles. The second-order valence-corrected chi connectivity index (χ2v) is 5.49. The highest BCUT2D eigenvalue weighted by molar-refractivity contribution is 6.04. The minimum atomic E-state index is -0.347. The Morgan fingerprint density at radius 2 is 2.04 bits per heavy atom. The zero-order valence-electron chi connectivity index (χ0n) is 13.0. The predicted octanol–water partition coefficient (Wildman–Crippen LogP) is 2.03. The third-order valence-corrected chi connectivity index (χ3v) is 3.64. The van der Waals surface area contributed by atoms with Crippen molar-refractivity contribution in [2.24, 2.45) is 13.0 Å². The Balaban J connectivity index is 1.70. The van der Waals surface area contributed by atoms with Gasteiger partial charge in [-0.05, 0) is 25.0 Å². The second-order valence-electron chi connectivity index (χ2n) is 5.49. The molecule has 1 aromatic carbocycles. The summed E-state index contributed by atoms with van der Waals surface area (Å²) in [4.78, 5) is 24.1. The lowest BCUT2D eigenvalue weighted by molar-refractivity contribution is -0.117. The molecule has 1 aromatic heterocycles. The Kier molecular flexibility index (Phi) is 4.01. The van der Waals surface area contributed by atoms with Gasteiger partial charge in [0.1, 0.15) is 11.6 Å². The van der Waals surface area contributed by atoms with Gasteiger partial charge in [0.05, 0.1) is 7.11 Å². The van der Waals surface area contributed by atoms with Crippen LogP contribution in [0, 0.1) is 5.92 Å². The first kappa shape index (κ1) is 15.1. The summed E-state index contributed by atoms with van der Waals surface area (Å²) in [7, 11) is 3.25. The van der Waals surface area contributed by atoms with E-state index in [-0.39, 0.29) is 23.4 Å². The molecule has 0 bridgehead atoms. The van der Waals surface area contributed by atoms with E-state index in [1.165, 1.54) is 4.68 Å². The first-order chi connectivity index (χ1) is 11.1. The molecule has 0 radical (unpaired) electrons. The third-order valence-electron chi connectivity index (χ3n) is 3.64. The van der Waals surface area contributed by atoms with E-state index in [0.717, 1.165) is 12.8 Å². The fourth-order valence-electron chi connectivity index (χ4n) is 2.16. The average molecular weight is 314 g/mol. The van der Waals surface area contributed by atoms with Gasteiger partial charge in [-0.1, -0.05) is 6.07 Å². The van der Waals surface area contributed by atoms with Gasteiger partial charge < -0.3 is 15.4 Å². The zero-order valence-corrected chi connectivity index (χ0v) is 13.0. The normalized spacial score (nSPS) is 13.5. The van der Waals surface area contributed by atoms with Gasteiger partial charge in [-0.3, -0.25) is 14.3 Å². The van der Waals surface area contributed by atoms with Crippen molar-refractivity contribution < 1.29 is 14.3 Å². The number of aryl methyl sites for hydroxylation is 1. The summed E-state index contributed by atoms with van der Waals surface area (Å²) in [6.07, 6.45) is 1.85. The molecule has 1 fully saturated rings. The van der Waals surface area contributed by atoms with Crippen LogP contribution in [0.25, 0.3) is 0 Å². The van der Waals surface area contributed by atoms with Gasteiger partial charge in [-0.15, -0.1) is 0 Å². The fourth-order valence-corrected chi connectivity index (χ4v) is 2.16. The van der Waals surface area contributed by atoms with E-state index in [1.54, 1.807) is 44.5 Å². The number of carbonyl (C=O) groups is 2. The van der Waals surface area contributed by atoms with Gasteiger partial charge in [0.2, 0.25) is 5.91 Å². The van der Waals surface area contributed by atoms with Crippen LogP contribution in [-0.4, -0.2) is 28.7 Å². The van der Waals surface area contributed by atoms with Crippen LogP contribution in [0.15, 0.2) is 30.3 Å². The number of amides is 2. The Morgan fingerprint density at radius 3 is 2.74 bits per heavy atom. The van der Waals surface area contributed by atoms with Crippen LogP contribution < -0.4 is 15.4 Å². The molecule has 1 aliphatic carbocycles. The molecule has 2 N–H and O–H groups in total. The monoisotopic (exact) mass is 314 g/mol. The number of ether oxygens (including phenoxy) is 1. The minimum Gasteiger partial charge on any atom is -0.497 e. The van der Waals surface area contributed by atoms with Gasteiger partial charge in [-0.2, -0.15) is 5.10 Å². The molecule has 0 aliphatic heterocycles. The van der Waals surface area contributed by atoms with E-state index in [2.05, 4.69) is 15.7 Å². The lowest BCUT2D eigenvalue weighted by atomic mass is 10.3. The first-order valence-electron chi connectivity index (χ1n) is 7.37. The largest absolute Gasteiger partial charge is 0.497 e. The molecule has 1 heterocycles. The maximum atomic E-state index is 12.3. The standard InChI is InChI=1S/C16H18N4O3/c1-20-14(18-15(21)10-6-7-10)9-13(19-20)16(22)17-11-4-3-5-12(8-11)23-2/h3-5,8-10H,6-7H2,1-2H3,(H,17,22)(H,18,21). The van der Waals surface area contributed by atoms with E-state index < -0.39 is 0 Å². The minimum absolute atomic E-state index is 0.0206. The Hall–Kier alpha value is -2.83.